The minimum Gasteiger partial charge on any atom is -0.444 e. The van der Waals surface area contributed by atoms with Gasteiger partial charge in [0.15, 0.2) is 0 Å². The molecule has 7 nitrogen and oxygen atoms in total. The van der Waals surface area contributed by atoms with Crippen LogP contribution in [-0.4, -0.2) is 29.3 Å². The molecule has 0 aliphatic rings. The van der Waals surface area contributed by atoms with E-state index in [-0.39, 0.29) is 12.3 Å². The monoisotopic (exact) mass is 373 g/mol. The van der Waals surface area contributed by atoms with Crippen molar-refractivity contribution >= 4 is 17.7 Å². The maximum absolute atomic E-state index is 11.8. The SMILES string of the molecule is Cc1cc(CC(=O)NCCCc2ccc(NC(=O)OC(C)(C)C)cc2)no1. The molecular weight excluding hydrogens is 346 g/mol. The van der Waals surface area contributed by atoms with E-state index < -0.39 is 11.7 Å². The number of rotatable bonds is 7. The molecule has 2 aromatic rings. The first-order valence-corrected chi connectivity index (χ1v) is 8.99. The molecule has 0 fully saturated rings. The third kappa shape index (κ3) is 7.94. The Kier molecular flexibility index (Phi) is 6.98. The highest BCUT2D eigenvalue weighted by Crippen LogP contribution is 2.13. The number of benzene rings is 1. The molecule has 0 aliphatic heterocycles. The van der Waals surface area contributed by atoms with Crippen molar-refractivity contribution < 1.29 is 18.8 Å². The zero-order valence-electron chi connectivity index (χ0n) is 16.3. The van der Waals surface area contributed by atoms with Gasteiger partial charge in [-0.25, -0.2) is 4.79 Å². The molecule has 0 saturated carbocycles. The second-order valence-electron chi connectivity index (χ2n) is 7.38. The molecule has 2 amide bonds. The van der Waals surface area contributed by atoms with E-state index in [0.717, 1.165) is 18.4 Å². The molecule has 0 bridgehead atoms. The van der Waals surface area contributed by atoms with Crippen molar-refractivity contribution in [1.29, 1.82) is 0 Å². The molecule has 0 aliphatic carbocycles. The van der Waals surface area contributed by atoms with Crippen LogP contribution >= 0.6 is 0 Å². The maximum Gasteiger partial charge on any atom is 0.412 e. The summed E-state index contributed by atoms with van der Waals surface area (Å²) < 4.78 is 10.2. The van der Waals surface area contributed by atoms with Crippen LogP contribution in [0.1, 0.15) is 44.2 Å². The summed E-state index contributed by atoms with van der Waals surface area (Å²) in [5, 5.41) is 9.38. The Morgan fingerprint density at radius 1 is 1.19 bits per heavy atom. The summed E-state index contributed by atoms with van der Waals surface area (Å²) in [5.41, 5.74) is 1.93. The fourth-order valence-corrected chi connectivity index (χ4v) is 2.42. The highest BCUT2D eigenvalue weighted by Gasteiger charge is 2.16. The molecule has 2 rings (SSSR count). The summed E-state index contributed by atoms with van der Waals surface area (Å²) in [6.45, 7) is 7.85. The molecule has 2 N–H and O–H groups in total. The average Bonchev–Trinajstić information content (AvgIpc) is 2.96. The van der Waals surface area contributed by atoms with E-state index in [0.29, 0.717) is 23.7 Å². The number of carbonyl (C=O) groups excluding carboxylic acids is 2. The van der Waals surface area contributed by atoms with Gasteiger partial charge < -0.3 is 14.6 Å². The Morgan fingerprint density at radius 2 is 1.89 bits per heavy atom. The van der Waals surface area contributed by atoms with Crippen LogP contribution in [0.25, 0.3) is 0 Å². The van der Waals surface area contributed by atoms with E-state index in [1.807, 2.05) is 45.0 Å². The largest absolute Gasteiger partial charge is 0.444 e. The van der Waals surface area contributed by atoms with Crippen LogP contribution in [0.5, 0.6) is 0 Å². The average molecular weight is 373 g/mol. The van der Waals surface area contributed by atoms with Gasteiger partial charge in [0.1, 0.15) is 11.4 Å². The van der Waals surface area contributed by atoms with E-state index in [2.05, 4.69) is 15.8 Å². The highest BCUT2D eigenvalue weighted by atomic mass is 16.6. The van der Waals surface area contributed by atoms with Crippen molar-refractivity contribution in [2.24, 2.45) is 0 Å². The third-order valence-corrected chi connectivity index (χ3v) is 3.58. The number of carbonyl (C=O) groups is 2. The Balaban J connectivity index is 1.67. The highest BCUT2D eigenvalue weighted by molar-refractivity contribution is 5.84. The van der Waals surface area contributed by atoms with Crippen LogP contribution in [0.2, 0.25) is 0 Å². The number of nitrogens with zero attached hydrogens (tertiary/aromatic N) is 1. The Bertz CT molecular complexity index is 760. The number of nitrogens with one attached hydrogen (secondary N) is 2. The fourth-order valence-electron chi connectivity index (χ4n) is 2.42. The lowest BCUT2D eigenvalue weighted by molar-refractivity contribution is -0.120. The molecule has 0 spiro atoms. The van der Waals surface area contributed by atoms with Crippen LogP contribution in [0, 0.1) is 6.92 Å². The summed E-state index contributed by atoms with van der Waals surface area (Å²) in [7, 11) is 0. The van der Waals surface area contributed by atoms with E-state index in [9.17, 15) is 9.59 Å². The van der Waals surface area contributed by atoms with Gasteiger partial charge in [-0.05, 0) is 58.2 Å². The first-order valence-electron chi connectivity index (χ1n) is 8.99. The molecule has 7 heteroatoms. The summed E-state index contributed by atoms with van der Waals surface area (Å²) >= 11 is 0. The predicted molar refractivity (Wildman–Crippen MR) is 103 cm³/mol. The molecule has 27 heavy (non-hydrogen) atoms. The van der Waals surface area contributed by atoms with Crippen LogP contribution in [0.4, 0.5) is 10.5 Å². The smallest absolute Gasteiger partial charge is 0.412 e. The second-order valence-corrected chi connectivity index (χ2v) is 7.38. The standard InChI is InChI=1S/C20H27N3O4/c1-14-12-17(23-27-14)13-18(24)21-11-5-6-15-7-9-16(10-8-15)22-19(25)26-20(2,3)4/h7-10,12H,5-6,11,13H2,1-4H3,(H,21,24)(H,22,25). The molecule has 0 saturated heterocycles. The van der Waals surface area contributed by atoms with Crippen molar-refractivity contribution in [2.75, 3.05) is 11.9 Å². The van der Waals surface area contributed by atoms with Crippen molar-refractivity contribution in [3.63, 3.8) is 0 Å². The predicted octanol–water partition coefficient (Wildman–Crippen LogP) is 3.62. The molecular formula is C20H27N3O4. The van der Waals surface area contributed by atoms with Gasteiger partial charge in [-0.3, -0.25) is 10.1 Å². The first-order chi connectivity index (χ1) is 12.7. The topological polar surface area (TPSA) is 93.5 Å². The molecule has 1 heterocycles. The summed E-state index contributed by atoms with van der Waals surface area (Å²) in [4.78, 5) is 23.6. The first kappa shape index (κ1) is 20.5. The van der Waals surface area contributed by atoms with Gasteiger partial charge in [0.05, 0.1) is 12.1 Å². The fraction of sp³-hybridized carbons (Fsp3) is 0.450. The van der Waals surface area contributed by atoms with E-state index in [4.69, 9.17) is 9.26 Å². The molecule has 0 unspecified atom stereocenters. The van der Waals surface area contributed by atoms with Crippen LogP contribution in [-0.2, 0) is 22.4 Å². The maximum atomic E-state index is 11.8. The molecule has 0 radical (unpaired) electrons. The van der Waals surface area contributed by atoms with Gasteiger partial charge in [0.25, 0.3) is 0 Å². The Morgan fingerprint density at radius 3 is 2.48 bits per heavy atom. The van der Waals surface area contributed by atoms with Crippen molar-refractivity contribution in [3.8, 4) is 0 Å². The molecule has 1 aromatic carbocycles. The lowest BCUT2D eigenvalue weighted by Gasteiger charge is -2.19. The minimum atomic E-state index is -0.527. The van der Waals surface area contributed by atoms with Crippen molar-refractivity contribution in [3.05, 3.63) is 47.3 Å². The van der Waals surface area contributed by atoms with Gasteiger partial charge >= 0.3 is 6.09 Å². The summed E-state index contributed by atoms with van der Waals surface area (Å²) in [5.74, 6) is 0.627. The van der Waals surface area contributed by atoms with Gasteiger partial charge in [-0.2, -0.15) is 0 Å². The van der Waals surface area contributed by atoms with E-state index in [1.165, 1.54) is 0 Å². The minimum absolute atomic E-state index is 0.0693. The Hall–Kier alpha value is -2.83. The molecule has 146 valence electrons. The molecule has 1 aromatic heterocycles. The third-order valence-electron chi connectivity index (χ3n) is 3.58. The van der Waals surface area contributed by atoms with Gasteiger partial charge in [0, 0.05) is 18.3 Å². The quantitative estimate of drug-likeness (QED) is 0.723. The second kappa shape index (κ2) is 9.21. The van der Waals surface area contributed by atoms with Crippen LogP contribution < -0.4 is 10.6 Å². The zero-order chi connectivity index (χ0) is 19.9. The van der Waals surface area contributed by atoms with E-state index in [1.54, 1.807) is 13.0 Å². The lowest BCUT2D eigenvalue weighted by Crippen LogP contribution is -2.27. The molecule has 0 atom stereocenters. The number of anilines is 1. The van der Waals surface area contributed by atoms with Crippen molar-refractivity contribution in [1.82, 2.24) is 10.5 Å². The van der Waals surface area contributed by atoms with Crippen molar-refractivity contribution in [2.45, 2.75) is 52.6 Å². The number of aryl methyl sites for hydroxylation is 2. The Labute approximate surface area is 159 Å². The van der Waals surface area contributed by atoms with Gasteiger partial charge in [-0.1, -0.05) is 17.3 Å². The number of ether oxygens (including phenoxy) is 1. The summed E-state index contributed by atoms with van der Waals surface area (Å²) in [6, 6.07) is 9.33. The number of hydrogen-bond donors (Lipinski definition) is 2. The van der Waals surface area contributed by atoms with E-state index >= 15 is 0 Å². The number of aromatic nitrogens is 1. The zero-order valence-corrected chi connectivity index (χ0v) is 16.3. The number of amides is 2. The van der Waals surface area contributed by atoms with Crippen LogP contribution in [0.3, 0.4) is 0 Å². The normalized spacial score (nSPS) is 11.1. The van der Waals surface area contributed by atoms with Crippen LogP contribution in [0.15, 0.2) is 34.9 Å². The van der Waals surface area contributed by atoms with Gasteiger partial charge in [-0.15, -0.1) is 0 Å². The lowest BCUT2D eigenvalue weighted by atomic mass is 10.1. The number of hydrogen-bond acceptors (Lipinski definition) is 5. The van der Waals surface area contributed by atoms with Gasteiger partial charge in [0.2, 0.25) is 5.91 Å². The summed E-state index contributed by atoms with van der Waals surface area (Å²) in [6.07, 6.45) is 1.40.